The fourth-order valence-electron chi connectivity index (χ4n) is 5.99. The summed E-state index contributed by atoms with van der Waals surface area (Å²) in [5.74, 6) is 1.52. The summed E-state index contributed by atoms with van der Waals surface area (Å²) in [6.07, 6.45) is 1.78. The number of aryl methyl sites for hydroxylation is 2. The molecule has 0 aliphatic rings. The summed E-state index contributed by atoms with van der Waals surface area (Å²) in [5.41, 5.74) is 8.63. The molecule has 0 saturated heterocycles. The molecule has 0 bridgehead atoms. The molecule has 5 nitrogen and oxygen atoms in total. The van der Waals surface area contributed by atoms with Crippen LogP contribution in [-0.2, 0) is 26.5 Å². The largest absolute Gasteiger partial charge is 2.00 e. The third kappa shape index (κ3) is 5.67. The summed E-state index contributed by atoms with van der Waals surface area (Å²) in [5, 5.41) is 6.59. The second kappa shape index (κ2) is 12.0. The van der Waals surface area contributed by atoms with Crippen LogP contribution in [0.5, 0.6) is 11.5 Å². The predicted molar refractivity (Wildman–Crippen MR) is 178 cm³/mol. The van der Waals surface area contributed by atoms with E-state index in [9.17, 15) is 4.39 Å². The van der Waals surface area contributed by atoms with Crippen LogP contribution in [0.4, 0.5) is 4.39 Å². The van der Waals surface area contributed by atoms with Crippen molar-refractivity contribution in [2.45, 2.75) is 47.0 Å². The number of pyridine rings is 1. The van der Waals surface area contributed by atoms with E-state index in [4.69, 9.17) is 9.84 Å². The van der Waals surface area contributed by atoms with Crippen molar-refractivity contribution in [3.8, 4) is 34.1 Å². The van der Waals surface area contributed by atoms with Crippen LogP contribution >= 0.6 is 0 Å². The van der Waals surface area contributed by atoms with E-state index in [1.54, 1.807) is 18.3 Å². The molecule has 46 heavy (non-hydrogen) atoms. The summed E-state index contributed by atoms with van der Waals surface area (Å²) in [6, 6.07) is 34.0. The molecule has 3 heterocycles. The van der Waals surface area contributed by atoms with Crippen molar-refractivity contribution >= 4 is 21.8 Å². The van der Waals surface area contributed by atoms with Gasteiger partial charge in [-0.3, -0.25) is 4.68 Å². The molecule has 0 N–H and O–H groups in total. The van der Waals surface area contributed by atoms with Gasteiger partial charge in [0.05, 0.1) is 5.69 Å². The van der Waals surface area contributed by atoms with E-state index in [-0.39, 0.29) is 32.3 Å². The second-order valence-corrected chi connectivity index (χ2v) is 12.6. The summed E-state index contributed by atoms with van der Waals surface area (Å²) < 4.78 is 24.9. The Hall–Kier alpha value is -4.54. The monoisotopic (exact) mass is 787 g/mol. The van der Waals surface area contributed by atoms with Crippen LogP contribution in [0.1, 0.15) is 43.3 Å². The zero-order valence-electron chi connectivity index (χ0n) is 26.6. The number of hydrogen-bond donors (Lipinski definition) is 0. The number of halogens is 1. The number of aromatic nitrogens is 4. The summed E-state index contributed by atoms with van der Waals surface area (Å²) >= 11 is 0. The van der Waals surface area contributed by atoms with Gasteiger partial charge in [-0.25, -0.2) is 9.37 Å². The Balaban J connectivity index is 0.00000372. The predicted octanol–water partition coefficient (Wildman–Crippen LogP) is 9.78. The van der Waals surface area contributed by atoms with Crippen molar-refractivity contribution in [1.29, 1.82) is 0 Å². The Bertz CT molecular complexity index is 2230. The number of ether oxygens (including phenoxy) is 1. The molecule has 0 aliphatic heterocycles. The van der Waals surface area contributed by atoms with Gasteiger partial charge in [0.25, 0.3) is 0 Å². The second-order valence-electron chi connectivity index (χ2n) is 12.6. The third-order valence-electron chi connectivity index (χ3n) is 8.24. The third-order valence-corrected chi connectivity index (χ3v) is 8.24. The van der Waals surface area contributed by atoms with Crippen molar-refractivity contribution in [2.24, 2.45) is 0 Å². The minimum atomic E-state index is -0.292. The molecule has 4 aromatic carbocycles. The molecule has 7 heteroatoms. The Morgan fingerprint density at radius 1 is 0.804 bits per heavy atom. The van der Waals surface area contributed by atoms with Gasteiger partial charge in [0.2, 0.25) is 0 Å². The fourth-order valence-corrected chi connectivity index (χ4v) is 5.99. The first-order chi connectivity index (χ1) is 21.6. The quantitative estimate of drug-likeness (QED) is 0.163. The van der Waals surface area contributed by atoms with E-state index in [1.807, 2.05) is 71.6 Å². The molecule has 0 atom stereocenters. The number of rotatable bonds is 5. The van der Waals surface area contributed by atoms with Crippen molar-refractivity contribution < 1.29 is 30.2 Å². The van der Waals surface area contributed by atoms with Crippen LogP contribution in [0.15, 0.2) is 91.1 Å². The molecule has 3 aromatic heterocycles. The first-order valence-corrected chi connectivity index (χ1v) is 15.0. The smallest absolute Gasteiger partial charge is 0.509 e. The van der Waals surface area contributed by atoms with Gasteiger partial charge in [0.15, 0.2) is 0 Å². The molecular formula is C39H33FN4OPt. The van der Waals surface area contributed by atoms with Gasteiger partial charge in [-0.1, -0.05) is 56.6 Å². The van der Waals surface area contributed by atoms with E-state index in [0.717, 1.165) is 67.0 Å². The van der Waals surface area contributed by atoms with Gasteiger partial charge in [-0.15, -0.1) is 41.3 Å². The van der Waals surface area contributed by atoms with E-state index in [2.05, 4.69) is 63.0 Å². The maximum absolute atomic E-state index is 14.4. The Morgan fingerprint density at radius 2 is 1.59 bits per heavy atom. The van der Waals surface area contributed by atoms with Gasteiger partial charge < -0.3 is 9.30 Å². The van der Waals surface area contributed by atoms with Gasteiger partial charge in [-0.2, -0.15) is 11.2 Å². The summed E-state index contributed by atoms with van der Waals surface area (Å²) in [4.78, 5) is 4.63. The average Bonchev–Trinajstić information content (AvgIpc) is 3.49. The molecule has 0 radical (unpaired) electrons. The SMILES string of the molecule is Cc1ccnc(-n2c3[c-]c(Oc4[c-]c(-n5nc(C)c(-c6ccccc6)c5C)cc(C(C)(C)C)c4)ccc3c3cc(F)ccc32)c1.[Pt+2]. The molecule has 0 amide bonds. The zero-order chi connectivity index (χ0) is 31.5. The molecular weight excluding hydrogens is 755 g/mol. The van der Waals surface area contributed by atoms with E-state index >= 15 is 0 Å². The number of nitrogens with zero attached hydrogens (tertiary/aromatic N) is 4. The van der Waals surface area contributed by atoms with Crippen LogP contribution in [0.25, 0.3) is 44.4 Å². The van der Waals surface area contributed by atoms with Crippen molar-refractivity contribution in [2.75, 3.05) is 0 Å². The number of hydrogen-bond acceptors (Lipinski definition) is 3. The van der Waals surface area contributed by atoms with Crippen LogP contribution in [0.2, 0.25) is 0 Å². The van der Waals surface area contributed by atoms with E-state index in [1.165, 1.54) is 6.07 Å². The number of fused-ring (bicyclic) bond motifs is 3. The maximum atomic E-state index is 14.4. The maximum Gasteiger partial charge on any atom is 2.00 e. The van der Waals surface area contributed by atoms with E-state index in [0.29, 0.717) is 11.5 Å². The summed E-state index contributed by atoms with van der Waals surface area (Å²) in [6.45, 7) is 12.7. The molecule has 0 unspecified atom stereocenters. The first-order valence-electron chi connectivity index (χ1n) is 15.0. The molecule has 0 saturated carbocycles. The van der Waals surface area contributed by atoms with Crippen LogP contribution < -0.4 is 4.74 Å². The molecule has 7 rings (SSSR count). The first kappa shape index (κ1) is 31.4. The van der Waals surface area contributed by atoms with Gasteiger partial charge in [-0.05, 0) is 78.7 Å². The van der Waals surface area contributed by atoms with Crippen molar-refractivity contribution in [3.63, 3.8) is 0 Å². The zero-order valence-corrected chi connectivity index (χ0v) is 28.8. The molecule has 0 spiro atoms. The molecule has 0 aliphatic carbocycles. The molecule has 232 valence electrons. The normalized spacial score (nSPS) is 11.6. The molecule has 7 aromatic rings. The van der Waals surface area contributed by atoms with Crippen LogP contribution in [-0.4, -0.2) is 19.3 Å². The van der Waals surface area contributed by atoms with E-state index < -0.39 is 0 Å². The summed E-state index contributed by atoms with van der Waals surface area (Å²) in [7, 11) is 0. The minimum absolute atomic E-state index is 0. The Kier molecular flexibility index (Phi) is 8.20. The van der Waals surface area contributed by atoms with Gasteiger partial charge in [0.1, 0.15) is 11.6 Å². The fraction of sp³-hybridized carbons (Fsp3) is 0.179. The van der Waals surface area contributed by atoms with Crippen LogP contribution in [0, 0.1) is 38.7 Å². The topological polar surface area (TPSA) is 44.9 Å². The van der Waals surface area contributed by atoms with Crippen molar-refractivity contribution in [3.05, 3.63) is 132 Å². The Labute approximate surface area is 282 Å². The number of benzene rings is 4. The van der Waals surface area contributed by atoms with Gasteiger partial charge >= 0.3 is 21.1 Å². The van der Waals surface area contributed by atoms with Crippen LogP contribution in [0.3, 0.4) is 0 Å². The standard InChI is InChI=1S/C39H33FN4O.Pt/c1-24-16-17-41-37(18-24)43-35-15-12-29(40)21-34(35)33-14-13-31(23-36(33)43)45-32-20-28(39(4,5)6)19-30(22-32)44-26(3)38(25(2)42-44)27-10-8-7-9-11-27;/h7-21H,1-6H3;/q-2;+2. The molecule has 0 fully saturated rings. The van der Waals surface area contributed by atoms with Crippen molar-refractivity contribution in [1.82, 2.24) is 19.3 Å². The minimum Gasteiger partial charge on any atom is -0.509 e. The average molecular weight is 788 g/mol. The Morgan fingerprint density at radius 3 is 2.33 bits per heavy atom. The van der Waals surface area contributed by atoms with Gasteiger partial charge in [0, 0.05) is 34.5 Å².